The lowest BCUT2D eigenvalue weighted by Gasteiger charge is -2.29. The van der Waals surface area contributed by atoms with Gasteiger partial charge >= 0.3 is 0 Å². The fourth-order valence-electron chi connectivity index (χ4n) is 3.03. The van der Waals surface area contributed by atoms with Gasteiger partial charge < -0.3 is 15.4 Å². The standard InChI is InChI=1S/C19H32N4O/c1-4-17-7-5-6-8-18(17)14-22-19(20-3)21-13-16(2)15-23-9-11-24-12-10-23/h5-8,16H,4,9-15H2,1-3H3,(H2,20,21,22). The lowest BCUT2D eigenvalue weighted by atomic mass is 10.1. The van der Waals surface area contributed by atoms with Crippen LogP contribution in [0.3, 0.4) is 0 Å². The van der Waals surface area contributed by atoms with Crippen molar-refractivity contribution in [3.8, 4) is 0 Å². The first-order valence-corrected chi connectivity index (χ1v) is 9.04. The van der Waals surface area contributed by atoms with E-state index in [0.29, 0.717) is 5.92 Å². The summed E-state index contributed by atoms with van der Waals surface area (Å²) in [4.78, 5) is 6.81. The van der Waals surface area contributed by atoms with Gasteiger partial charge in [-0.1, -0.05) is 38.1 Å². The molecule has 0 saturated carbocycles. The fraction of sp³-hybridized carbons (Fsp3) is 0.632. The van der Waals surface area contributed by atoms with Crippen molar-refractivity contribution in [2.24, 2.45) is 10.9 Å². The lowest BCUT2D eigenvalue weighted by Crippen LogP contribution is -2.43. The normalized spacial score (nSPS) is 17.5. The molecule has 5 nitrogen and oxygen atoms in total. The maximum atomic E-state index is 5.40. The van der Waals surface area contributed by atoms with Gasteiger partial charge in [-0.05, 0) is 23.5 Å². The number of aliphatic imine (C=N–C) groups is 1. The van der Waals surface area contributed by atoms with Gasteiger partial charge in [0.05, 0.1) is 13.2 Å². The second kappa shape index (κ2) is 10.3. The summed E-state index contributed by atoms with van der Waals surface area (Å²) in [6.07, 6.45) is 1.06. The number of ether oxygens (including phenoxy) is 1. The average Bonchev–Trinajstić information content (AvgIpc) is 2.63. The zero-order valence-electron chi connectivity index (χ0n) is 15.3. The van der Waals surface area contributed by atoms with Gasteiger partial charge in [0.1, 0.15) is 0 Å². The first-order valence-electron chi connectivity index (χ1n) is 9.04. The largest absolute Gasteiger partial charge is 0.379 e. The van der Waals surface area contributed by atoms with Crippen molar-refractivity contribution in [1.82, 2.24) is 15.5 Å². The highest BCUT2D eigenvalue weighted by molar-refractivity contribution is 5.79. The van der Waals surface area contributed by atoms with Crippen molar-refractivity contribution in [2.75, 3.05) is 46.4 Å². The van der Waals surface area contributed by atoms with E-state index in [1.165, 1.54) is 11.1 Å². The number of hydrogen-bond acceptors (Lipinski definition) is 3. The molecule has 24 heavy (non-hydrogen) atoms. The number of hydrogen-bond donors (Lipinski definition) is 2. The Hall–Kier alpha value is -1.59. The number of rotatable bonds is 7. The Morgan fingerprint density at radius 2 is 1.92 bits per heavy atom. The quantitative estimate of drug-likeness (QED) is 0.591. The molecule has 1 aromatic rings. The molecule has 1 saturated heterocycles. The van der Waals surface area contributed by atoms with Gasteiger partial charge in [-0.15, -0.1) is 0 Å². The Balaban J connectivity index is 1.73. The van der Waals surface area contributed by atoms with Gasteiger partial charge in [0.25, 0.3) is 0 Å². The van der Waals surface area contributed by atoms with Crippen molar-refractivity contribution < 1.29 is 4.74 Å². The first-order chi connectivity index (χ1) is 11.7. The van der Waals surface area contributed by atoms with Gasteiger partial charge in [0.15, 0.2) is 5.96 Å². The van der Waals surface area contributed by atoms with E-state index in [4.69, 9.17) is 4.74 Å². The molecule has 2 N–H and O–H groups in total. The number of benzene rings is 1. The Kier molecular flexibility index (Phi) is 8.05. The molecule has 0 bridgehead atoms. The molecule has 5 heteroatoms. The van der Waals surface area contributed by atoms with Crippen LogP contribution in [0.5, 0.6) is 0 Å². The minimum Gasteiger partial charge on any atom is -0.379 e. The van der Waals surface area contributed by atoms with Crippen molar-refractivity contribution in [3.05, 3.63) is 35.4 Å². The molecule has 1 aliphatic rings. The number of nitrogens with zero attached hydrogens (tertiary/aromatic N) is 2. The first kappa shape index (κ1) is 18.7. The SMILES string of the molecule is CCc1ccccc1CNC(=NC)NCC(C)CN1CCOCC1. The van der Waals surface area contributed by atoms with Gasteiger partial charge in [0.2, 0.25) is 0 Å². The monoisotopic (exact) mass is 332 g/mol. The third-order valence-electron chi connectivity index (χ3n) is 4.46. The molecule has 1 aliphatic heterocycles. The molecule has 2 rings (SSSR count). The molecular formula is C19H32N4O. The summed E-state index contributed by atoms with van der Waals surface area (Å²) in [5.74, 6) is 1.44. The van der Waals surface area contributed by atoms with Crippen molar-refractivity contribution in [1.29, 1.82) is 0 Å². The third kappa shape index (κ3) is 6.13. The highest BCUT2D eigenvalue weighted by Crippen LogP contribution is 2.08. The maximum Gasteiger partial charge on any atom is 0.191 e. The predicted octanol–water partition coefficient (Wildman–Crippen LogP) is 1.88. The zero-order valence-corrected chi connectivity index (χ0v) is 15.3. The Labute approximate surface area is 146 Å². The smallest absolute Gasteiger partial charge is 0.191 e. The van der Waals surface area contributed by atoms with Crippen LogP contribution in [0.15, 0.2) is 29.3 Å². The van der Waals surface area contributed by atoms with Crippen LogP contribution in [0.4, 0.5) is 0 Å². The summed E-state index contributed by atoms with van der Waals surface area (Å²) in [5, 5.41) is 6.87. The second-order valence-electron chi connectivity index (χ2n) is 6.45. The van der Waals surface area contributed by atoms with Crippen molar-refractivity contribution in [3.63, 3.8) is 0 Å². The van der Waals surface area contributed by atoms with Crippen molar-refractivity contribution >= 4 is 5.96 Å². The molecule has 0 radical (unpaired) electrons. The van der Waals surface area contributed by atoms with E-state index in [9.17, 15) is 0 Å². The number of nitrogens with one attached hydrogen (secondary N) is 2. The highest BCUT2D eigenvalue weighted by atomic mass is 16.5. The molecule has 1 fully saturated rings. The molecule has 1 unspecified atom stereocenters. The van der Waals surface area contributed by atoms with E-state index < -0.39 is 0 Å². The minimum absolute atomic E-state index is 0.574. The van der Waals surface area contributed by atoms with E-state index in [2.05, 4.69) is 58.6 Å². The Morgan fingerprint density at radius 3 is 2.58 bits per heavy atom. The van der Waals surface area contributed by atoms with Crippen LogP contribution >= 0.6 is 0 Å². The molecule has 0 aromatic heterocycles. The number of morpholine rings is 1. The summed E-state index contributed by atoms with van der Waals surface area (Å²) in [7, 11) is 1.83. The van der Waals surface area contributed by atoms with E-state index in [1.807, 2.05) is 7.05 Å². The summed E-state index contributed by atoms with van der Waals surface area (Å²) in [6, 6.07) is 8.57. The zero-order chi connectivity index (χ0) is 17.2. The van der Waals surface area contributed by atoms with Crippen LogP contribution in [-0.2, 0) is 17.7 Å². The molecule has 0 aliphatic carbocycles. The Morgan fingerprint density at radius 1 is 1.21 bits per heavy atom. The van der Waals surface area contributed by atoms with Crippen LogP contribution in [-0.4, -0.2) is 57.3 Å². The van der Waals surface area contributed by atoms with E-state index >= 15 is 0 Å². The van der Waals surface area contributed by atoms with Crippen LogP contribution in [0.25, 0.3) is 0 Å². The lowest BCUT2D eigenvalue weighted by molar-refractivity contribution is 0.0320. The molecule has 1 atom stereocenters. The molecule has 1 aromatic carbocycles. The predicted molar refractivity (Wildman–Crippen MR) is 100 cm³/mol. The number of aryl methyl sites for hydroxylation is 1. The molecule has 0 spiro atoms. The van der Waals surface area contributed by atoms with Crippen LogP contribution < -0.4 is 10.6 Å². The van der Waals surface area contributed by atoms with Gasteiger partial charge in [0, 0.05) is 39.8 Å². The fourth-order valence-corrected chi connectivity index (χ4v) is 3.03. The molecule has 134 valence electrons. The van der Waals surface area contributed by atoms with Crippen LogP contribution in [0, 0.1) is 5.92 Å². The highest BCUT2D eigenvalue weighted by Gasteiger charge is 2.14. The van der Waals surface area contributed by atoms with Gasteiger partial charge in [-0.25, -0.2) is 0 Å². The maximum absolute atomic E-state index is 5.40. The van der Waals surface area contributed by atoms with E-state index in [1.54, 1.807) is 0 Å². The van der Waals surface area contributed by atoms with E-state index in [-0.39, 0.29) is 0 Å². The molecule has 0 amide bonds. The average molecular weight is 332 g/mol. The summed E-state index contributed by atoms with van der Waals surface area (Å²) >= 11 is 0. The topological polar surface area (TPSA) is 48.9 Å². The summed E-state index contributed by atoms with van der Waals surface area (Å²) < 4.78 is 5.40. The summed E-state index contributed by atoms with van der Waals surface area (Å²) in [6.45, 7) is 11.1. The molecular weight excluding hydrogens is 300 g/mol. The second-order valence-corrected chi connectivity index (χ2v) is 6.45. The van der Waals surface area contributed by atoms with Crippen LogP contribution in [0.2, 0.25) is 0 Å². The van der Waals surface area contributed by atoms with E-state index in [0.717, 1.165) is 58.3 Å². The van der Waals surface area contributed by atoms with Crippen molar-refractivity contribution in [2.45, 2.75) is 26.8 Å². The van der Waals surface area contributed by atoms with Crippen LogP contribution in [0.1, 0.15) is 25.0 Å². The van der Waals surface area contributed by atoms with Gasteiger partial charge in [-0.2, -0.15) is 0 Å². The Bertz CT molecular complexity index is 512. The summed E-state index contributed by atoms with van der Waals surface area (Å²) in [5.41, 5.74) is 2.73. The molecule has 1 heterocycles. The van der Waals surface area contributed by atoms with Gasteiger partial charge in [-0.3, -0.25) is 9.89 Å². The number of guanidine groups is 1. The third-order valence-corrected chi connectivity index (χ3v) is 4.46. The minimum atomic E-state index is 0.574.